The van der Waals surface area contributed by atoms with E-state index in [-0.39, 0.29) is 54.3 Å². The van der Waals surface area contributed by atoms with Crippen LogP contribution in [-0.4, -0.2) is 135 Å². The van der Waals surface area contributed by atoms with E-state index in [1.807, 2.05) is 102 Å². The molecule has 3 amide bonds. The lowest BCUT2D eigenvalue weighted by molar-refractivity contribution is -0.152. The van der Waals surface area contributed by atoms with Gasteiger partial charge in [0.25, 0.3) is 5.91 Å². The summed E-state index contributed by atoms with van der Waals surface area (Å²) >= 11 is 0. The molecule has 3 aromatic rings. The minimum absolute atomic E-state index is 0. The van der Waals surface area contributed by atoms with Crippen LogP contribution in [0.15, 0.2) is 84.9 Å². The Morgan fingerprint density at radius 2 is 1.09 bits per heavy atom. The number of nitrogens with zero attached hydrogens (tertiary/aromatic N) is 2. The average Bonchev–Trinajstić information content (AvgIpc) is 3.97. The number of unbranched alkanes of at least 4 members (excludes halogenated alkanes) is 2. The third-order valence-electron chi connectivity index (χ3n) is 12.0. The van der Waals surface area contributed by atoms with Crippen molar-refractivity contribution < 1.29 is 57.5 Å². The number of benzene rings is 3. The average molecular weight is 998 g/mol. The van der Waals surface area contributed by atoms with E-state index in [2.05, 4.69) is 5.32 Å². The van der Waals surface area contributed by atoms with Crippen molar-refractivity contribution in [1.82, 2.24) is 15.1 Å². The molecule has 0 radical (unpaired) electrons. The molecule has 0 spiro atoms. The number of carbonyl (C=O) groups is 5. The number of rotatable bonds is 22. The van der Waals surface area contributed by atoms with Gasteiger partial charge in [-0.2, -0.15) is 0 Å². The molecule has 16 nitrogen and oxygen atoms in total. The van der Waals surface area contributed by atoms with E-state index in [0.717, 1.165) is 36.8 Å². The predicted octanol–water partition coefficient (Wildman–Crippen LogP) is 6.63. The maximum Gasteiger partial charge on any atom is 0.328 e. The zero-order valence-corrected chi connectivity index (χ0v) is 43.1. The van der Waals surface area contributed by atoms with Crippen LogP contribution in [0.4, 0.5) is 0 Å². The molecular weight excluding hydrogens is 920 g/mol. The van der Waals surface area contributed by atoms with Gasteiger partial charge in [0.1, 0.15) is 23.9 Å². The lowest BCUT2D eigenvalue weighted by atomic mass is 9.85. The third-order valence-corrected chi connectivity index (χ3v) is 12.0. The molecule has 2 aliphatic heterocycles. The van der Waals surface area contributed by atoms with E-state index in [0.29, 0.717) is 59.0 Å². The van der Waals surface area contributed by atoms with Gasteiger partial charge in [0.05, 0.1) is 45.7 Å². The highest BCUT2D eigenvalue weighted by molar-refractivity contribution is 5.99. The number of methoxy groups -OCH3 is 2. The number of nitrogens with two attached hydrogens (primary N) is 1. The lowest BCUT2D eigenvalue weighted by Crippen LogP contribution is -2.56. The standard InChI is InChI=1S/C30H40N2O7.C23H36N2O5.ClH/c1-30(2,3)26(31-27(34)22-13-10-14-23(33)17-22)28(35)32-19-24(18-25(32)29(36)37-4)39-16-9-8-15-38-20-21-11-6-5-7-12-21;1-23(2,3)20(24)21(26)25-15-18(14-19(25)22(27)28-4)30-13-9-8-12-29-16-17-10-6-5-7-11-17;/h5-7,10-14,17,24-26,33H,8-9,15-16,18-20H2,1-4H3,(H,31,34);5-7,10-11,18-20H,8-9,12-16,24H2,1-4H3;1H/t24-,25+,26-;18-,19+,20-;/m11./s1. The highest BCUT2D eigenvalue weighted by atomic mass is 35.5. The van der Waals surface area contributed by atoms with Gasteiger partial charge in [-0.25, -0.2) is 9.59 Å². The number of ether oxygens (including phenoxy) is 6. The number of phenolic OH excluding ortho intramolecular Hbond substituents is 1. The number of esters is 2. The Labute approximate surface area is 420 Å². The zero-order valence-electron chi connectivity index (χ0n) is 42.3. The van der Waals surface area contributed by atoms with Crippen LogP contribution in [0.25, 0.3) is 0 Å². The summed E-state index contributed by atoms with van der Waals surface area (Å²) in [5.74, 6) is -2.10. The summed E-state index contributed by atoms with van der Waals surface area (Å²) in [5, 5.41) is 12.5. The van der Waals surface area contributed by atoms with E-state index >= 15 is 0 Å². The maximum absolute atomic E-state index is 13.7. The van der Waals surface area contributed by atoms with Gasteiger partial charge < -0.3 is 54.4 Å². The molecule has 0 aliphatic carbocycles. The maximum atomic E-state index is 13.7. The van der Waals surface area contributed by atoms with Crippen LogP contribution in [0.2, 0.25) is 0 Å². The van der Waals surface area contributed by atoms with Crippen LogP contribution >= 0.6 is 12.4 Å². The fourth-order valence-electron chi connectivity index (χ4n) is 7.91. The second-order valence-electron chi connectivity index (χ2n) is 19.7. The van der Waals surface area contributed by atoms with Crippen LogP contribution < -0.4 is 11.1 Å². The van der Waals surface area contributed by atoms with Crippen LogP contribution in [0.3, 0.4) is 0 Å². The SMILES string of the molecule is COC(=O)[C@@H]1C[C@@H](OCCCCOCc2ccccc2)CN1C(=O)[C@@H](N)C(C)(C)C.COC(=O)[C@@H]1C[C@@H](OCCCCOCc2ccccc2)CN1C(=O)[C@@H](NC(=O)c1cccc(O)c1)C(C)(C)C.Cl. The normalized spacial score (nSPS) is 18.7. The molecule has 3 aromatic carbocycles. The molecule has 2 fully saturated rings. The monoisotopic (exact) mass is 997 g/mol. The number of halogens is 1. The fraction of sp³-hybridized carbons (Fsp3) is 0.566. The topological polar surface area (TPSA) is 205 Å². The summed E-state index contributed by atoms with van der Waals surface area (Å²) in [6, 6.07) is 22.9. The number of nitrogens with one attached hydrogen (secondary N) is 1. The smallest absolute Gasteiger partial charge is 0.328 e. The Balaban J connectivity index is 0.000000378. The number of hydrogen-bond donors (Lipinski definition) is 3. The minimum atomic E-state index is -0.917. The quantitative estimate of drug-likeness (QED) is 0.0715. The van der Waals surface area contributed by atoms with E-state index < -0.39 is 52.8 Å². The molecule has 4 N–H and O–H groups in total. The highest BCUT2D eigenvalue weighted by Gasteiger charge is 2.46. The van der Waals surface area contributed by atoms with Crippen molar-refractivity contribution in [2.45, 2.75) is 130 Å². The van der Waals surface area contributed by atoms with Crippen molar-refractivity contribution in [2.75, 3.05) is 53.7 Å². The number of likely N-dealkylation sites (tertiary alicyclic amines) is 2. The molecule has 0 aromatic heterocycles. The van der Waals surface area contributed by atoms with Gasteiger partial charge in [0.2, 0.25) is 11.8 Å². The molecule has 2 aliphatic rings. The number of aromatic hydroxyl groups is 1. The number of carbonyl (C=O) groups excluding carboxylic acids is 5. The lowest BCUT2D eigenvalue weighted by Gasteiger charge is -2.35. The molecule has 0 unspecified atom stereocenters. The molecule has 0 saturated carbocycles. The van der Waals surface area contributed by atoms with Crippen LogP contribution in [0, 0.1) is 10.8 Å². The van der Waals surface area contributed by atoms with E-state index in [9.17, 15) is 29.1 Å². The predicted molar refractivity (Wildman–Crippen MR) is 268 cm³/mol. The van der Waals surface area contributed by atoms with Crippen molar-refractivity contribution in [2.24, 2.45) is 16.6 Å². The van der Waals surface area contributed by atoms with Gasteiger partial charge in [0, 0.05) is 57.9 Å². The Morgan fingerprint density at radius 3 is 1.50 bits per heavy atom. The summed E-state index contributed by atoms with van der Waals surface area (Å²) in [7, 11) is 2.62. The summed E-state index contributed by atoms with van der Waals surface area (Å²) in [6.45, 7) is 15.3. The Morgan fingerprint density at radius 1 is 0.643 bits per heavy atom. The van der Waals surface area contributed by atoms with E-state index in [1.54, 1.807) is 12.1 Å². The first-order chi connectivity index (χ1) is 32.8. The summed E-state index contributed by atoms with van der Waals surface area (Å²) in [6.07, 6.45) is 3.57. The summed E-state index contributed by atoms with van der Waals surface area (Å²) < 4.78 is 33.2. The molecule has 388 valence electrons. The number of hydrogen-bond acceptors (Lipinski definition) is 13. The van der Waals surface area contributed by atoms with Gasteiger partial charge in [-0.1, -0.05) is 108 Å². The largest absolute Gasteiger partial charge is 0.508 e. The molecular formula is C53H77ClN4O12. The first kappa shape index (κ1) is 59.2. The summed E-state index contributed by atoms with van der Waals surface area (Å²) in [4.78, 5) is 67.3. The van der Waals surface area contributed by atoms with Gasteiger partial charge in [0.15, 0.2) is 0 Å². The van der Waals surface area contributed by atoms with Crippen LogP contribution in [-0.2, 0) is 60.8 Å². The number of amides is 3. The Hall–Kier alpha value is -5.10. The van der Waals surface area contributed by atoms with Crippen LogP contribution in [0.5, 0.6) is 5.75 Å². The molecule has 5 rings (SSSR count). The van der Waals surface area contributed by atoms with Gasteiger partial charge >= 0.3 is 11.9 Å². The van der Waals surface area contributed by atoms with E-state index in [4.69, 9.17) is 34.2 Å². The van der Waals surface area contributed by atoms with Crippen molar-refractivity contribution in [1.29, 1.82) is 0 Å². The fourth-order valence-corrected chi connectivity index (χ4v) is 7.91. The first-order valence-electron chi connectivity index (χ1n) is 23.9. The van der Waals surface area contributed by atoms with Crippen LogP contribution in [0.1, 0.15) is 102 Å². The molecule has 6 atom stereocenters. The van der Waals surface area contributed by atoms with Gasteiger partial charge in [-0.3, -0.25) is 14.4 Å². The van der Waals surface area contributed by atoms with Gasteiger partial charge in [-0.05, 0) is 65.8 Å². The Kier molecular flexibility index (Phi) is 24.8. The number of phenols is 1. The van der Waals surface area contributed by atoms with E-state index in [1.165, 1.54) is 36.2 Å². The molecule has 2 saturated heterocycles. The molecule has 2 heterocycles. The second kappa shape index (κ2) is 29.3. The highest BCUT2D eigenvalue weighted by Crippen LogP contribution is 2.29. The van der Waals surface area contributed by atoms with Crippen molar-refractivity contribution >= 4 is 42.1 Å². The third kappa shape index (κ3) is 18.9. The second-order valence-corrected chi connectivity index (χ2v) is 19.7. The van der Waals surface area contributed by atoms with Crippen molar-refractivity contribution in [3.05, 3.63) is 102 Å². The van der Waals surface area contributed by atoms with Crippen molar-refractivity contribution in [3.63, 3.8) is 0 Å². The molecule has 17 heteroatoms. The van der Waals surface area contributed by atoms with Gasteiger partial charge in [-0.15, -0.1) is 12.4 Å². The first-order valence-corrected chi connectivity index (χ1v) is 23.9. The zero-order chi connectivity index (χ0) is 50.6. The molecule has 70 heavy (non-hydrogen) atoms. The minimum Gasteiger partial charge on any atom is -0.508 e. The molecule has 0 bridgehead atoms. The van der Waals surface area contributed by atoms with Crippen molar-refractivity contribution in [3.8, 4) is 5.75 Å². The Bertz CT molecular complexity index is 2070. The summed E-state index contributed by atoms with van der Waals surface area (Å²) in [5.41, 5.74) is 7.62.